The molecule has 0 amide bonds. The highest BCUT2D eigenvalue weighted by Crippen LogP contribution is 2.25. The van der Waals surface area contributed by atoms with Gasteiger partial charge < -0.3 is 9.97 Å². The van der Waals surface area contributed by atoms with Crippen LogP contribution in [0.15, 0.2) is 18.7 Å². The van der Waals surface area contributed by atoms with Crippen molar-refractivity contribution in [3.05, 3.63) is 35.9 Å². The van der Waals surface area contributed by atoms with Gasteiger partial charge in [0.1, 0.15) is 5.82 Å². The van der Waals surface area contributed by atoms with Gasteiger partial charge in [0.2, 0.25) is 0 Å². The number of piperidine rings is 1. The summed E-state index contributed by atoms with van der Waals surface area (Å²) in [5, 5.41) is 0. The average Bonchev–Trinajstić information content (AvgIpc) is 3.01. The molecule has 2 N–H and O–H groups in total. The van der Waals surface area contributed by atoms with Gasteiger partial charge in [0, 0.05) is 42.8 Å². The lowest BCUT2D eigenvalue weighted by Gasteiger charge is -2.31. The molecule has 1 aliphatic rings. The quantitative estimate of drug-likeness (QED) is 0.867. The van der Waals surface area contributed by atoms with Gasteiger partial charge in [-0.2, -0.15) is 0 Å². The monoisotopic (exact) mass is 245 g/mol. The van der Waals surface area contributed by atoms with Gasteiger partial charge >= 0.3 is 0 Å². The van der Waals surface area contributed by atoms with E-state index in [1.807, 2.05) is 12.4 Å². The molecule has 1 unspecified atom stereocenters. The van der Waals surface area contributed by atoms with Gasteiger partial charge in [-0.25, -0.2) is 9.97 Å². The predicted molar refractivity (Wildman–Crippen MR) is 69.2 cm³/mol. The molecule has 1 aliphatic heterocycles. The van der Waals surface area contributed by atoms with Crippen LogP contribution in [-0.4, -0.2) is 37.9 Å². The third-order valence-corrected chi connectivity index (χ3v) is 3.56. The number of hydrogen-bond acceptors (Lipinski definition) is 3. The zero-order chi connectivity index (χ0) is 12.4. The van der Waals surface area contributed by atoms with Crippen LogP contribution in [0.5, 0.6) is 0 Å². The second-order valence-corrected chi connectivity index (χ2v) is 5.10. The number of imidazole rings is 2. The number of aryl methyl sites for hydroxylation is 1. The maximum Gasteiger partial charge on any atom is 0.110 e. The third kappa shape index (κ3) is 2.46. The second-order valence-electron chi connectivity index (χ2n) is 5.10. The maximum atomic E-state index is 4.47. The minimum atomic E-state index is 0.537. The molecule has 1 fully saturated rings. The molecule has 5 nitrogen and oxygen atoms in total. The van der Waals surface area contributed by atoms with Crippen molar-refractivity contribution in [1.29, 1.82) is 0 Å². The topological polar surface area (TPSA) is 60.6 Å². The molecule has 0 aliphatic carbocycles. The average molecular weight is 245 g/mol. The van der Waals surface area contributed by atoms with Crippen molar-refractivity contribution in [3.8, 4) is 0 Å². The molecule has 0 saturated carbocycles. The molecule has 5 heteroatoms. The van der Waals surface area contributed by atoms with E-state index >= 15 is 0 Å². The summed E-state index contributed by atoms with van der Waals surface area (Å²) in [6.45, 7) is 5.25. The second kappa shape index (κ2) is 4.94. The molecule has 3 rings (SSSR count). The van der Waals surface area contributed by atoms with E-state index in [0.29, 0.717) is 5.92 Å². The van der Waals surface area contributed by atoms with Gasteiger partial charge in [-0.15, -0.1) is 0 Å². The fraction of sp³-hybridized carbons (Fsp3) is 0.538. The van der Waals surface area contributed by atoms with E-state index in [9.17, 15) is 0 Å². The van der Waals surface area contributed by atoms with Crippen molar-refractivity contribution >= 4 is 0 Å². The zero-order valence-corrected chi connectivity index (χ0v) is 10.7. The number of aromatic nitrogens is 4. The van der Waals surface area contributed by atoms with Crippen LogP contribution >= 0.6 is 0 Å². The summed E-state index contributed by atoms with van der Waals surface area (Å²) in [5.41, 5.74) is 2.34. The van der Waals surface area contributed by atoms with Gasteiger partial charge in [-0.1, -0.05) is 0 Å². The summed E-state index contributed by atoms with van der Waals surface area (Å²) in [6, 6.07) is 0. The van der Waals surface area contributed by atoms with Crippen LogP contribution in [-0.2, 0) is 6.54 Å². The first-order valence-corrected chi connectivity index (χ1v) is 6.52. The molecule has 0 bridgehead atoms. The highest BCUT2D eigenvalue weighted by atomic mass is 15.1. The van der Waals surface area contributed by atoms with E-state index in [1.165, 1.54) is 18.5 Å². The number of nitrogens with zero attached hydrogens (tertiary/aromatic N) is 3. The SMILES string of the molecule is Cc1cnc(C2CCCN(Cc3cnc[nH]3)C2)[nH]1. The molecule has 96 valence electrons. The van der Waals surface area contributed by atoms with Crippen molar-refractivity contribution in [3.63, 3.8) is 0 Å². The van der Waals surface area contributed by atoms with Crippen molar-refractivity contribution in [1.82, 2.24) is 24.8 Å². The molecular weight excluding hydrogens is 226 g/mol. The van der Waals surface area contributed by atoms with Gasteiger partial charge in [0.25, 0.3) is 0 Å². The molecule has 3 heterocycles. The van der Waals surface area contributed by atoms with Crippen LogP contribution in [0.2, 0.25) is 0 Å². The first kappa shape index (κ1) is 11.5. The van der Waals surface area contributed by atoms with Crippen molar-refractivity contribution in [2.45, 2.75) is 32.2 Å². The molecule has 18 heavy (non-hydrogen) atoms. The van der Waals surface area contributed by atoms with Crippen molar-refractivity contribution < 1.29 is 0 Å². The summed E-state index contributed by atoms with van der Waals surface area (Å²) in [6.07, 6.45) is 8.03. The Labute approximate surface area is 107 Å². The number of likely N-dealkylation sites (tertiary alicyclic amines) is 1. The Hall–Kier alpha value is -1.62. The minimum absolute atomic E-state index is 0.537. The van der Waals surface area contributed by atoms with Crippen LogP contribution in [0.4, 0.5) is 0 Å². The Morgan fingerprint density at radius 1 is 1.44 bits per heavy atom. The van der Waals surface area contributed by atoms with E-state index in [-0.39, 0.29) is 0 Å². The molecule has 2 aromatic heterocycles. The van der Waals surface area contributed by atoms with E-state index in [1.54, 1.807) is 6.33 Å². The first-order valence-electron chi connectivity index (χ1n) is 6.52. The molecule has 2 aromatic rings. The number of hydrogen-bond donors (Lipinski definition) is 2. The first-order chi connectivity index (χ1) is 8.81. The van der Waals surface area contributed by atoms with E-state index in [2.05, 4.69) is 31.8 Å². The fourth-order valence-corrected chi connectivity index (χ4v) is 2.67. The molecule has 0 radical (unpaired) electrons. The van der Waals surface area contributed by atoms with Crippen LogP contribution in [0.1, 0.15) is 36.0 Å². The number of H-pyrrole nitrogens is 2. The van der Waals surface area contributed by atoms with Crippen molar-refractivity contribution in [2.24, 2.45) is 0 Å². The van der Waals surface area contributed by atoms with Gasteiger partial charge in [-0.05, 0) is 26.3 Å². The summed E-state index contributed by atoms with van der Waals surface area (Å²) in [4.78, 5) is 17.5. The Morgan fingerprint density at radius 2 is 2.39 bits per heavy atom. The molecular formula is C13H19N5. The van der Waals surface area contributed by atoms with Crippen LogP contribution in [0.25, 0.3) is 0 Å². The maximum absolute atomic E-state index is 4.47. The normalized spacial score (nSPS) is 21.3. The minimum Gasteiger partial charge on any atom is -0.347 e. The van der Waals surface area contributed by atoms with E-state index in [0.717, 1.165) is 31.2 Å². The molecule has 1 saturated heterocycles. The lowest BCUT2D eigenvalue weighted by molar-refractivity contribution is 0.195. The molecule has 0 aromatic carbocycles. The summed E-state index contributed by atoms with van der Waals surface area (Å²) < 4.78 is 0. The van der Waals surface area contributed by atoms with Gasteiger partial charge in [-0.3, -0.25) is 4.90 Å². The zero-order valence-electron chi connectivity index (χ0n) is 10.7. The number of aromatic amines is 2. The standard InChI is InChI=1S/C13H19N5/c1-10-5-15-13(17-10)11-3-2-4-18(7-11)8-12-6-14-9-16-12/h5-6,9,11H,2-4,7-8H2,1H3,(H,14,16)(H,15,17). The van der Waals surface area contributed by atoms with Gasteiger partial charge in [0.15, 0.2) is 0 Å². The summed E-state index contributed by atoms with van der Waals surface area (Å²) in [5.74, 6) is 1.68. The summed E-state index contributed by atoms with van der Waals surface area (Å²) >= 11 is 0. The molecule has 1 atom stereocenters. The Morgan fingerprint density at radius 3 is 3.11 bits per heavy atom. The highest BCUT2D eigenvalue weighted by molar-refractivity contribution is 5.06. The highest BCUT2D eigenvalue weighted by Gasteiger charge is 2.23. The molecule has 0 spiro atoms. The Kier molecular flexibility index (Phi) is 3.15. The van der Waals surface area contributed by atoms with Gasteiger partial charge in [0.05, 0.1) is 6.33 Å². The lowest BCUT2D eigenvalue weighted by Crippen LogP contribution is -2.34. The smallest absolute Gasteiger partial charge is 0.110 e. The van der Waals surface area contributed by atoms with Crippen LogP contribution < -0.4 is 0 Å². The largest absolute Gasteiger partial charge is 0.347 e. The predicted octanol–water partition coefficient (Wildman–Crippen LogP) is 1.82. The third-order valence-electron chi connectivity index (χ3n) is 3.56. The Balaban J connectivity index is 1.65. The number of nitrogens with one attached hydrogen (secondary N) is 2. The van der Waals surface area contributed by atoms with E-state index < -0.39 is 0 Å². The lowest BCUT2D eigenvalue weighted by atomic mass is 9.97. The van der Waals surface area contributed by atoms with E-state index in [4.69, 9.17) is 0 Å². The fourth-order valence-electron chi connectivity index (χ4n) is 2.67. The van der Waals surface area contributed by atoms with Crippen molar-refractivity contribution in [2.75, 3.05) is 13.1 Å². The Bertz CT molecular complexity index is 487. The van der Waals surface area contributed by atoms with Crippen LogP contribution in [0, 0.1) is 6.92 Å². The number of rotatable bonds is 3. The summed E-state index contributed by atoms with van der Waals surface area (Å²) in [7, 11) is 0. The van der Waals surface area contributed by atoms with Crippen LogP contribution in [0.3, 0.4) is 0 Å².